The molecule has 0 aliphatic carbocycles. The van der Waals surface area contributed by atoms with E-state index in [1.54, 1.807) is 5.38 Å². The molecule has 0 aliphatic heterocycles. The first-order chi connectivity index (χ1) is 12.8. The summed E-state index contributed by atoms with van der Waals surface area (Å²) in [5.74, 6) is 0.131. The molecule has 2 rings (SSSR count). The Labute approximate surface area is 188 Å². The van der Waals surface area contributed by atoms with Gasteiger partial charge in [-0.2, -0.15) is 0 Å². The molecule has 0 saturated carbocycles. The monoisotopic (exact) mass is 460 g/mol. The molecular formula is C20H30Cl2N4O2S. The molecule has 162 valence electrons. The number of halogens is 2. The SMILES string of the molecule is CC(C)C(=O)Nc1nc(CC(=O)NCC(N)c2ccc(C(C)C)cc2)cs1.Cl.Cl. The maximum absolute atomic E-state index is 12.1. The number of aromatic nitrogens is 1. The number of rotatable bonds is 8. The molecule has 6 nitrogen and oxygen atoms in total. The molecule has 1 aromatic carbocycles. The van der Waals surface area contributed by atoms with Gasteiger partial charge in [0, 0.05) is 23.9 Å². The summed E-state index contributed by atoms with van der Waals surface area (Å²) >= 11 is 1.31. The zero-order valence-electron chi connectivity index (χ0n) is 17.1. The number of nitrogens with zero attached hydrogens (tertiary/aromatic N) is 1. The smallest absolute Gasteiger partial charge is 0.228 e. The minimum atomic E-state index is -0.258. The van der Waals surface area contributed by atoms with Gasteiger partial charge >= 0.3 is 0 Å². The van der Waals surface area contributed by atoms with Gasteiger partial charge in [0.05, 0.1) is 12.1 Å². The number of nitrogens with two attached hydrogens (primary N) is 1. The third-order valence-electron chi connectivity index (χ3n) is 4.20. The summed E-state index contributed by atoms with van der Waals surface area (Å²) in [4.78, 5) is 28.1. The average molecular weight is 461 g/mol. The number of carbonyl (C=O) groups excluding carboxylic acids is 2. The minimum absolute atomic E-state index is 0. The van der Waals surface area contributed by atoms with E-state index >= 15 is 0 Å². The summed E-state index contributed by atoms with van der Waals surface area (Å²) < 4.78 is 0. The van der Waals surface area contributed by atoms with E-state index in [0.717, 1.165) is 5.56 Å². The van der Waals surface area contributed by atoms with Crippen LogP contribution in [0.2, 0.25) is 0 Å². The van der Waals surface area contributed by atoms with Crippen molar-refractivity contribution < 1.29 is 9.59 Å². The molecule has 0 aliphatic rings. The number of anilines is 1. The quantitative estimate of drug-likeness (QED) is 0.552. The van der Waals surface area contributed by atoms with E-state index in [0.29, 0.717) is 23.3 Å². The zero-order valence-corrected chi connectivity index (χ0v) is 19.5. The topological polar surface area (TPSA) is 97.1 Å². The van der Waals surface area contributed by atoms with E-state index in [1.807, 2.05) is 26.0 Å². The summed E-state index contributed by atoms with van der Waals surface area (Å²) in [6.45, 7) is 8.29. The Bertz CT molecular complexity index is 779. The average Bonchev–Trinajstić information content (AvgIpc) is 3.06. The van der Waals surface area contributed by atoms with Gasteiger partial charge in [0.15, 0.2) is 5.13 Å². The van der Waals surface area contributed by atoms with Gasteiger partial charge in [0.1, 0.15) is 0 Å². The third kappa shape index (κ3) is 8.70. The Morgan fingerprint density at radius 1 is 1.07 bits per heavy atom. The highest BCUT2D eigenvalue weighted by Gasteiger charge is 2.13. The molecular weight excluding hydrogens is 431 g/mol. The van der Waals surface area contributed by atoms with Crippen LogP contribution in [0.5, 0.6) is 0 Å². The van der Waals surface area contributed by atoms with Crippen LogP contribution >= 0.6 is 36.2 Å². The Balaban J connectivity index is 0.00000392. The van der Waals surface area contributed by atoms with Gasteiger partial charge in [-0.05, 0) is 17.0 Å². The van der Waals surface area contributed by atoms with Crippen molar-refractivity contribution in [3.05, 3.63) is 46.5 Å². The minimum Gasteiger partial charge on any atom is -0.354 e. The van der Waals surface area contributed by atoms with Gasteiger partial charge in [-0.25, -0.2) is 4.98 Å². The first-order valence-corrected chi connectivity index (χ1v) is 10.0. The van der Waals surface area contributed by atoms with Crippen LogP contribution in [0, 0.1) is 5.92 Å². The van der Waals surface area contributed by atoms with Gasteiger partial charge in [0.25, 0.3) is 0 Å². The van der Waals surface area contributed by atoms with Crippen LogP contribution in [-0.4, -0.2) is 23.3 Å². The number of hydrogen-bond donors (Lipinski definition) is 3. The van der Waals surface area contributed by atoms with E-state index in [2.05, 4.69) is 41.6 Å². The van der Waals surface area contributed by atoms with Crippen LogP contribution in [0.15, 0.2) is 29.6 Å². The van der Waals surface area contributed by atoms with E-state index in [1.165, 1.54) is 16.9 Å². The molecule has 1 atom stereocenters. The summed E-state index contributed by atoms with van der Waals surface area (Å²) in [5.41, 5.74) is 9.06. The fourth-order valence-corrected chi connectivity index (χ4v) is 3.11. The van der Waals surface area contributed by atoms with Crippen molar-refractivity contribution in [2.24, 2.45) is 11.7 Å². The predicted octanol–water partition coefficient (Wildman–Crippen LogP) is 4.06. The second-order valence-electron chi connectivity index (χ2n) is 7.20. The lowest BCUT2D eigenvalue weighted by Gasteiger charge is -2.14. The first kappa shape index (κ1) is 27.3. The highest BCUT2D eigenvalue weighted by Crippen LogP contribution is 2.18. The van der Waals surface area contributed by atoms with Crippen molar-refractivity contribution in [3.8, 4) is 0 Å². The molecule has 1 aromatic heterocycles. The van der Waals surface area contributed by atoms with E-state index < -0.39 is 0 Å². The van der Waals surface area contributed by atoms with Gasteiger partial charge in [0.2, 0.25) is 11.8 Å². The van der Waals surface area contributed by atoms with Crippen LogP contribution in [-0.2, 0) is 16.0 Å². The Hall–Kier alpha value is -1.67. The van der Waals surface area contributed by atoms with Crippen LogP contribution < -0.4 is 16.4 Å². The number of nitrogens with one attached hydrogen (secondary N) is 2. The lowest BCUT2D eigenvalue weighted by molar-refractivity contribution is -0.120. The summed E-state index contributed by atoms with van der Waals surface area (Å²) in [6.07, 6.45) is 0.160. The molecule has 0 spiro atoms. The van der Waals surface area contributed by atoms with Crippen LogP contribution in [0.25, 0.3) is 0 Å². The molecule has 1 heterocycles. The first-order valence-electron chi connectivity index (χ1n) is 9.13. The van der Waals surface area contributed by atoms with Crippen LogP contribution in [0.3, 0.4) is 0 Å². The second-order valence-corrected chi connectivity index (χ2v) is 8.05. The number of carbonyl (C=O) groups is 2. The van der Waals surface area contributed by atoms with Crippen LogP contribution in [0.1, 0.15) is 56.5 Å². The lowest BCUT2D eigenvalue weighted by Crippen LogP contribution is -2.33. The van der Waals surface area contributed by atoms with Gasteiger partial charge in [-0.15, -0.1) is 36.2 Å². The Kier molecular flexibility index (Phi) is 12.1. The number of amides is 2. The number of hydrogen-bond acceptors (Lipinski definition) is 5. The zero-order chi connectivity index (χ0) is 20.0. The van der Waals surface area contributed by atoms with Crippen molar-refractivity contribution in [1.29, 1.82) is 0 Å². The Morgan fingerprint density at radius 3 is 2.21 bits per heavy atom. The maximum atomic E-state index is 12.1. The number of thiazole rings is 1. The molecule has 2 amide bonds. The molecule has 0 radical (unpaired) electrons. The predicted molar refractivity (Wildman–Crippen MR) is 124 cm³/mol. The van der Waals surface area contributed by atoms with Crippen molar-refractivity contribution >= 4 is 53.1 Å². The van der Waals surface area contributed by atoms with E-state index in [9.17, 15) is 9.59 Å². The summed E-state index contributed by atoms with van der Waals surface area (Å²) in [7, 11) is 0. The van der Waals surface area contributed by atoms with E-state index in [4.69, 9.17) is 5.73 Å². The molecule has 2 aromatic rings. The maximum Gasteiger partial charge on any atom is 0.228 e. The fraction of sp³-hybridized carbons (Fsp3) is 0.450. The largest absolute Gasteiger partial charge is 0.354 e. The molecule has 0 fully saturated rings. The normalized spacial score (nSPS) is 11.4. The highest BCUT2D eigenvalue weighted by molar-refractivity contribution is 7.13. The molecule has 29 heavy (non-hydrogen) atoms. The summed E-state index contributed by atoms with van der Waals surface area (Å²) in [6, 6.07) is 7.91. The van der Waals surface area contributed by atoms with Crippen molar-refractivity contribution in [2.45, 2.75) is 46.1 Å². The van der Waals surface area contributed by atoms with Gasteiger partial charge in [-0.1, -0.05) is 52.0 Å². The standard InChI is InChI=1S/C20H28N4O2S.2ClH/c1-12(2)14-5-7-15(8-6-14)17(21)10-22-18(25)9-16-11-27-20(23-16)24-19(26)13(3)4;;/h5-8,11-13,17H,9-10,21H2,1-4H3,(H,22,25)(H,23,24,26);2*1H. The van der Waals surface area contributed by atoms with Crippen molar-refractivity contribution in [1.82, 2.24) is 10.3 Å². The van der Waals surface area contributed by atoms with Gasteiger partial charge in [-0.3, -0.25) is 9.59 Å². The second kappa shape index (κ2) is 12.8. The molecule has 4 N–H and O–H groups in total. The lowest BCUT2D eigenvalue weighted by atomic mass is 9.99. The molecule has 0 bridgehead atoms. The number of benzene rings is 1. The fourth-order valence-electron chi connectivity index (χ4n) is 2.39. The summed E-state index contributed by atoms with van der Waals surface area (Å²) in [5, 5.41) is 7.87. The molecule has 9 heteroatoms. The van der Waals surface area contributed by atoms with Gasteiger partial charge < -0.3 is 16.4 Å². The van der Waals surface area contributed by atoms with Crippen molar-refractivity contribution in [3.63, 3.8) is 0 Å². The molecule has 1 unspecified atom stereocenters. The van der Waals surface area contributed by atoms with E-state index in [-0.39, 0.29) is 55.0 Å². The third-order valence-corrected chi connectivity index (χ3v) is 5.00. The van der Waals surface area contributed by atoms with Crippen molar-refractivity contribution in [2.75, 3.05) is 11.9 Å². The highest BCUT2D eigenvalue weighted by atomic mass is 35.5. The Morgan fingerprint density at radius 2 is 1.66 bits per heavy atom. The molecule has 0 saturated heterocycles. The van der Waals surface area contributed by atoms with Crippen LogP contribution in [0.4, 0.5) is 5.13 Å².